The molecule has 0 aliphatic rings. The summed E-state index contributed by atoms with van der Waals surface area (Å²) < 4.78 is 79.0. The van der Waals surface area contributed by atoms with E-state index in [1.807, 2.05) is 0 Å². The van der Waals surface area contributed by atoms with Crippen LogP contribution in [0.1, 0.15) is 13.8 Å². The lowest BCUT2D eigenvalue weighted by molar-refractivity contribution is 0.181. The Bertz CT molecular complexity index is 590. The van der Waals surface area contributed by atoms with Gasteiger partial charge in [-0.05, 0) is 0 Å². The van der Waals surface area contributed by atoms with E-state index in [0.29, 0.717) is 0 Å². The Morgan fingerprint density at radius 3 is 2.00 bits per heavy atom. The summed E-state index contributed by atoms with van der Waals surface area (Å²) in [5.74, 6) is -8.37. The highest BCUT2D eigenvalue weighted by Crippen LogP contribution is 2.29. The predicted octanol–water partition coefficient (Wildman–Crippen LogP) is 3.22. The van der Waals surface area contributed by atoms with Gasteiger partial charge in [-0.2, -0.15) is 8.78 Å². The van der Waals surface area contributed by atoms with Gasteiger partial charge in [0.15, 0.2) is 17.4 Å². The lowest BCUT2D eigenvalue weighted by Gasteiger charge is -2.23. The van der Waals surface area contributed by atoms with E-state index in [4.69, 9.17) is 10.7 Å². The minimum absolute atomic E-state index is 0.0475. The molecule has 114 valence electrons. The van der Waals surface area contributed by atoms with Crippen LogP contribution in [0.2, 0.25) is 0 Å². The molecule has 0 spiro atoms. The van der Waals surface area contributed by atoms with Crippen molar-refractivity contribution in [2.24, 2.45) is 5.41 Å². The molecule has 0 aromatic heterocycles. The van der Waals surface area contributed by atoms with E-state index in [0.717, 1.165) is 0 Å². The molecule has 1 aromatic carbocycles. The third-order valence-electron chi connectivity index (χ3n) is 2.24. The molecule has 9 heteroatoms. The third-order valence-corrected chi connectivity index (χ3v) is 3.70. The standard InChI is InChI=1S/C11H11ClF4O3S/c1-11(2,5-20(12,17)18)4-19-10-8(15)6(13)3-7(14)9(10)16/h3H,4-5H2,1-2H3. The lowest BCUT2D eigenvalue weighted by Crippen LogP contribution is -2.29. The highest BCUT2D eigenvalue weighted by atomic mass is 35.7. The largest absolute Gasteiger partial charge is 0.487 e. The van der Waals surface area contributed by atoms with Crippen molar-refractivity contribution in [1.29, 1.82) is 0 Å². The Morgan fingerprint density at radius 1 is 1.15 bits per heavy atom. The molecule has 0 N–H and O–H groups in total. The molecule has 0 bridgehead atoms. The predicted molar refractivity (Wildman–Crippen MR) is 65.2 cm³/mol. The zero-order chi connectivity index (χ0) is 15.7. The van der Waals surface area contributed by atoms with E-state index in [-0.39, 0.29) is 6.07 Å². The average Bonchev–Trinajstić information content (AvgIpc) is 2.23. The lowest BCUT2D eigenvalue weighted by atomic mass is 9.98. The molecule has 0 atom stereocenters. The first-order valence-corrected chi connectivity index (χ1v) is 7.79. The van der Waals surface area contributed by atoms with Crippen molar-refractivity contribution in [3.63, 3.8) is 0 Å². The van der Waals surface area contributed by atoms with Gasteiger partial charge in [0.25, 0.3) is 0 Å². The van der Waals surface area contributed by atoms with E-state index < -0.39 is 55.8 Å². The second kappa shape index (κ2) is 5.77. The second-order valence-electron chi connectivity index (χ2n) is 4.93. The summed E-state index contributed by atoms with van der Waals surface area (Å²) in [7, 11) is 1.19. The van der Waals surface area contributed by atoms with Gasteiger partial charge in [-0.15, -0.1) is 0 Å². The fraction of sp³-hybridized carbons (Fsp3) is 0.455. The van der Waals surface area contributed by atoms with Crippen molar-refractivity contribution in [1.82, 2.24) is 0 Å². The van der Waals surface area contributed by atoms with Crippen LogP contribution in [-0.2, 0) is 9.05 Å². The highest BCUT2D eigenvalue weighted by molar-refractivity contribution is 8.13. The summed E-state index contributed by atoms with van der Waals surface area (Å²) in [4.78, 5) is 0. The molecule has 0 aliphatic carbocycles. The van der Waals surface area contributed by atoms with E-state index in [9.17, 15) is 26.0 Å². The van der Waals surface area contributed by atoms with Crippen LogP contribution in [0, 0.1) is 28.7 Å². The first-order chi connectivity index (χ1) is 8.93. The Hall–Kier alpha value is -1.02. The van der Waals surface area contributed by atoms with Gasteiger partial charge in [0.2, 0.25) is 20.7 Å². The molecule has 0 heterocycles. The normalized spacial score (nSPS) is 12.6. The van der Waals surface area contributed by atoms with Crippen molar-refractivity contribution in [3.05, 3.63) is 29.3 Å². The summed E-state index contributed by atoms with van der Waals surface area (Å²) in [6, 6.07) is 0.0475. The summed E-state index contributed by atoms with van der Waals surface area (Å²) in [5, 5.41) is 0. The summed E-state index contributed by atoms with van der Waals surface area (Å²) >= 11 is 0. The molecule has 0 aliphatic heterocycles. The summed E-state index contributed by atoms with van der Waals surface area (Å²) in [5.41, 5.74) is -1.11. The fourth-order valence-corrected chi connectivity index (χ4v) is 3.36. The van der Waals surface area contributed by atoms with Crippen molar-refractivity contribution in [3.8, 4) is 5.75 Å². The molecule has 0 unspecified atom stereocenters. The zero-order valence-corrected chi connectivity index (χ0v) is 12.1. The molecule has 0 saturated carbocycles. The zero-order valence-electron chi connectivity index (χ0n) is 10.5. The van der Waals surface area contributed by atoms with Crippen LogP contribution in [0.5, 0.6) is 5.75 Å². The van der Waals surface area contributed by atoms with E-state index in [1.165, 1.54) is 13.8 Å². The van der Waals surface area contributed by atoms with Crippen molar-refractivity contribution in [2.45, 2.75) is 13.8 Å². The first kappa shape index (κ1) is 17.0. The third kappa shape index (κ3) is 4.52. The Kier molecular flexibility index (Phi) is 4.91. The van der Waals surface area contributed by atoms with Gasteiger partial charge in [0.1, 0.15) is 0 Å². The summed E-state index contributed by atoms with van der Waals surface area (Å²) in [6.45, 7) is 2.30. The van der Waals surface area contributed by atoms with Crippen LogP contribution in [-0.4, -0.2) is 20.8 Å². The Labute approximate surface area is 117 Å². The topological polar surface area (TPSA) is 43.4 Å². The smallest absolute Gasteiger partial charge is 0.233 e. The fourth-order valence-electron chi connectivity index (χ4n) is 1.45. The number of halogens is 5. The van der Waals surface area contributed by atoms with Crippen LogP contribution < -0.4 is 4.74 Å². The summed E-state index contributed by atoms with van der Waals surface area (Å²) in [6.07, 6.45) is 0. The van der Waals surface area contributed by atoms with Gasteiger partial charge in [0, 0.05) is 22.2 Å². The van der Waals surface area contributed by atoms with Crippen molar-refractivity contribution >= 4 is 19.7 Å². The monoisotopic (exact) mass is 334 g/mol. The maximum atomic E-state index is 13.3. The second-order valence-corrected chi connectivity index (χ2v) is 7.71. The van der Waals surface area contributed by atoms with Gasteiger partial charge in [-0.3, -0.25) is 0 Å². The molecule has 3 nitrogen and oxygen atoms in total. The van der Waals surface area contributed by atoms with Crippen LogP contribution in [0.3, 0.4) is 0 Å². The Balaban J connectivity index is 2.96. The van der Waals surface area contributed by atoms with Gasteiger partial charge >= 0.3 is 0 Å². The molecule has 20 heavy (non-hydrogen) atoms. The van der Waals surface area contributed by atoms with E-state index in [1.54, 1.807) is 0 Å². The maximum Gasteiger partial charge on any atom is 0.233 e. The van der Waals surface area contributed by atoms with Gasteiger partial charge in [-0.25, -0.2) is 17.2 Å². The molecular formula is C11H11ClF4O3S. The van der Waals surface area contributed by atoms with Gasteiger partial charge in [0.05, 0.1) is 12.4 Å². The van der Waals surface area contributed by atoms with Crippen LogP contribution in [0.25, 0.3) is 0 Å². The van der Waals surface area contributed by atoms with Crippen LogP contribution >= 0.6 is 10.7 Å². The van der Waals surface area contributed by atoms with Crippen LogP contribution in [0.4, 0.5) is 17.6 Å². The number of hydrogen-bond donors (Lipinski definition) is 0. The maximum absolute atomic E-state index is 13.3. The Morgan fingerprint density at radius 2 is 1.60 bits per heavy atom. The molecule has 0 radical (unpaired) electrons. The molecule has 0 amide bonds. The van der Waals surface area contributed by atoms with Gasteiger partial charge < -0.3 is 4.74 Å². The van der Waals surface area contributed by atoms with Crippen LogP contribution in [0.15, 0.2) is 6.07 Å². The molecule has 0 saturated heterocycles. The highest BCUT2D eigenvalue weighted by Gasteiger charge is 2.28. The number of ether oxygens (including phenoxy) is 1. The van der Waals surface area contributed by atoms with E-state index in [2.05, 4.69) is 4.74 Å². The van der Waals surface area contributed by atoms with Crippen molar-refractivity contribution in [2.75, 3.05) is 12.4 Å². The molecule has 1 aromatic rings. The van der Waals surface area contributed by atoms with E-state index >= 15 is 0 Å². The first-order valence-electron chi connectivity index (χ1n) is 5.31. The minimum atomic E-state index is -3.87. The number of hydrogen-bond acceptors (Lipinski definition) is 3. The van der Waals surface area contributed by atoms with Gasteiger partial charge in [-0.1, -0.05) is 13.8 Å². The molecule has 1 rings (SSSR count). The number of rotatable bonds is 5. The minimum Gasteiger partial charge on any atom is -0.487 e. The molecular weight excluding hydrogens is 324 g/mol. The quantitative estimate of drug-likeness (QED) is 0.472. The van der Waals surface area contributed by atoms with Crippen molar-refractivity contribution < 1.29 is 30.7 Å². The molecule has 0 fully saturated rings. The number of benzene rings is 1. The SMILES string of the molecule is CC(C)(COc1c(F)c(F)cc(F)c1F)CS(=O)(=O)Cl. The average molecular weight is 335 g/mol.